The SMILES string of the molecule is C/C=C(\c1c(C)ncnc1N1CCN(C(=O)Cl)C(C)C1)C(F)(F)F. The molecular formula is C15H18ClF3N4O. The normalized spacial score (nSPS) is 19.6. The summed E-state index contributed by atoms with van der Waals surface area (Å²) in [5, 5.41) is -0.564. The van der Waals surface area contributed by atoms with Crippen LogP contribution in [0.5, 0.6) is 0 Å². The van der Waals surface area contributed by atoms with Gasteiger partial charge in [-0.3, -0.25) is 4.79 Å². The molecule has 1 aromatic rings. The highest BCUT2D eigenvalue weighted by molar-refractivity contribution is 6.62. The summed E-state index contributed by atoms with van der Waals surface area (Å²) in [6, 6.07) is -0.230. The Hall–Kier alpha value is -1.83. The molecule has 1 fully saturated rings. The Morgan fingerprint density at radius 2 is 2.04 bits per heavy atom. The van der Waals surface area contributed by atoms with Crippen molar-refractivity contribution in [2.24, 2.45) is 0 Å². The van der Waals surface area contributed by atoms with Crippen molar-refractivity contribution in [3.8, 4) is 0 Å². The van der Waals surface area contributed by atoms with Gasteiger partial charge in [-0.1, -0.05) is 6.08 Å². The molecule has 1 atom stereocenters. The van der Waals surface area contributed by atoms with E-state index >= 15 is 0 Å². The number of hydrogen-bond donors (Lipinski definition) is 0. The second-order valence-electron chi connectivity index (χ2n) is 5.60. The summed E-state index contributed by atoms with van der Waals surface area (Å²) in [5.41, 5.74) is -0.529. The summed E-state index contributed by atoms with van der Waals surface area (Å²) in [5.74, 6) is 0.224. The molecular weight excluding hydrogens is 345 g/mol. The maximum Gasteiger partial charge on any atom is 0.416 e. The molecule has 2 heterocycles. The summed E-state index contributed by atoms with van der Waals surface area (Å²) in [7, 11) is 0. The highest BCUT2D eigenvalue weighted by atomic mass is 35.5. The Bertz CT molecular complexity index is 663. The third-order valence-corrected chi connectivity index (χ3v) is 4.25. The van der Waals surface area contributed by atoms with Crippen LogP contribution in [0.1, 0.15) is 25.1 Å². The summed E-state index contributed by atoms with van der Waals surface area (Å²) in [4.78, 5) is 22.6. The van der Waals surface area contributed by atoms with E-state index in [-0.39, 0.29) is 23.1 Å². The molecule has 1 aliphatic heterocycles. The van der Waals surface area contributed by atoms with Gasteiger partial charge < -0.3 is 9.80 Å². The van der Waals surface area contributed by atoms with Gasteiger partial charge >= 0.3 is 11.5 Å². The van der Waals surface area contributed by atoms with E-state index in [1.54, 1.807) is 11.8 Å². The summed E-state index contributed by atoms with van der Waals surface area (Å²) < 4.78 is 40.1. The molecule has 0 saturated carbocycles. The Labute approximate surface area is 143 Å². The molecule has 1 unspecified atom stereocenters. The fourth-order valence-electron chi connectivity index (χ4n) is 2.88. The van der Waals surface area contributed by atoms with Crippen molar-refractivity contribution >= 4 is 28.4 Å². The van der Waals surface area contributed by atoms with Gasteiger partial charge in [0.25, 0.3) is 0 Å². The van der Waals surface area contributed by atoms with E-state index in [2.05, 4.69) is 9.97 Å². The Balaban J connectivity index is 2.43. The van der Waals surface area contributed by atoms with Crippen molar-refractivity contribution < 1.29 is 18.0 Å². The first-order chi connectivity index (χ1) is 11.2. The van der Waals surface area contributed by atoms with Gasteiger partial charge in [0.1, 0.15) is 12.1 Å². The third kappa shape index (κ3) is 3.63. The van der Waals surface area contributed by atoms with E-state index < -0.39 is 17.1 Å². The summed E-state index contributed by atoms with van der Waals surface area (Å²) >= 11 is 5.52. The summed E-state index contributed by atoms with van der Waals surface area (Å²) in [6.45, 7) is 5.67. The molecule has 1 aliphatic rings. The smallest absolute Gasteiger partial charge is 0.352 e. The number of piperazine rings is 1. The van der Waals surface area contributed by atoms with Gasteiger partial charge in [-0.15, -0.1) is 0 Å². The van der Waals surface area contributed by atoms with Crippen LogP contribution in [0.25, 0.3) is 5.57 Å². The van der Waals surface area contributed by atoms with Crippen LogP contribution in [0.15, 0.2) is 12.4 Å². The second kappa shape index (κ2) is 6.96. The van der Waals surface area contributed by atoms with E-state index in [4.69, 9.17) is 11.6 Å². The van der Waals surface area contributed by atoms with Crippen LogP contribution < -0.4 is 4.90 Å². The number of carbonyl (C=O) groups is 1. The van der Waals surface area contributed by atoms with E-state index in [1.807, 2.05) is 0 Å². The standard InChI is InChI=1S/C15H18ClF3N4O/c1-4-11(15(17,18)19)12-10(3)20-8-21-13(12)22-5-6-23(14(16)24)9(2)7-22/h4,8-9H,5-7H2,1-3H3/b11-4+. The van der Waals surface area contributed by atoms with Gasteiger partial charge in [0.15, 0.2) is 0 Å². The first-order valence-corrected chi connectivity index (χ1v) is 7.81. The average Bonchev–Trinajstić information content (AvgIpc) is 2.47. The van der Waals surface area contributed by atoms with E-state index in [9.17, 15) is 18.0 Å². The van der Waals surface area contributed by atoms with Crippen LogP contribution in [-0.2, 0) is 0 Å². The van der Waals surface area contributed by atoms with Crippen molar-refractivity contribution in [3.05, 3.63) is 23.7 Å². The molecule has 0 bridgehead atoms. The number of rotatable bonds is 2. The minimum atomic E-state index is -4.50. The van der Waals surface area contributed by atoms with Crippen molar-refractivity contribution in [2.75, 3.05) is 24.5 Å². The molecule has 1 saturated heterocycles. The molecule has 0 aromatic carbocycles. The zero-order chi connectivity index (χ0) is 18.1. The van der Waals surface area contributed by atoms with Crippen LogP contribution in [0.4, 0.5) is 23.8 Å². The van der Waals surface area contributed by atoms with Gasteiger partial charge in [0.05, 0.1) is 16.8 Å². The molecule has 1 aromatic heterocycles. The number of alkyl halides is 3. The second-order valence-corrected chi connectivity index (χ2v) is 5.92. The predicted octanol–water partition coefficient (Wildman–Crippen LogP) is 3.62. The molecule has 0 aliphatic carbocycles. The lowest BCUT2D eigenvalue weighted by Crippen LogP contribution is -2.53. The lowest BCUT2D eigenvalue weighted by Gasteiger charge is -2.40. The van der Waals surface area contributed by atoms with Gasteiger partial charge in [-0.05, 0) is 32.4 Å². The number of amides is 1. The fraction of sp³-hybridized carbons (Fsp3) is 0.533. The molecule has 24 heavy (non-hydrogen) atoms. The minimum absolute atomic E-state index is 0.0228. The first-order valence-electron chi connectivity index (χ1n) is 7.43. The van der Waals surface area contributed by atoms with Crippen LogP contribution in [0, 0.1) is 6.92 Å². The maximum absolute atomic E-state index is 13.4. The van der Waals surface area contributed by atoms with E-state index in [0.717, 1.165) is 6.08 Å². The highest BCUT2D eigenvalue weighted by Crippen LogP contribution is 2.39. The van der Waals surface area contributed by atoms with Crippen LogP contribution in [0.2, 0.25) is 0 Å². The fourth-order valence-corrected chi connectivity index (χ4v) is 3.13. The molecule has 0 spiro atoms. The molecule has 132 valence electrons. The van der Waals surface area contributed by atoms with Crippen molar-refractivity contribution in [2.45, 2.75) is 33.0 Å². The largest absolute Gasteiger partial charge is 0.416 e. The average molecular weight is 363 g/mol. The Morgan fingerprint density at radius 3 is 2.54 bits per heavy atom. The molecule has 9 heteroatoms. The topological polar surface area (TPSA) is 49.3 Å². The summed E-state index contributed by atoms with van der Waals surface area (Å²) in [6.07, 6.45) is -2.22. The van der Waals surface area contributed by atoms with Gasteiger partial charge in [-0.2, -0.15) is 13.2 Å². The maximum atomic E-state index is 13.4. The Morgan fingerprint density at radius 1 is 1.38 bits per heavy atom. The lowest BCUT2D eigenvalue weighted by atomic mass is 10.0. The number of carbonyl (C=O) groups excluding carboxylic acids is 1. The number of allylic oxidation sites excluding steroid dienone is 2. The van der Waals surface area contributed by atoms with Gasteiger partial charge in [0.2, 0.25) is 0 Å². The number of nitrogens with zero attached hydrogens (tertiary/aromatic N) is 4. The molecule has 5 nitrogen and oxygen atoms in total. The number of aromatic nitrogens is 2. The van der Waals surface area contributed by atoms with Crippen LogP contribution >= 0.6 is 11.6 Å². The van der Waals surface area contributed by atoms with E-state index in [1.165, 1.54) is 25.1 Å². The van der Waals surface area contributed by atoms with Gasteiger partial charge in [-0.25, -0.2) is 9.97 Å². The molecule has 0 N–H and O–H groups in total. The van der Waals surface area contributed by atoms with Crippen LogP contribution in [0.3, 0.4) is 0 Å². The van der Waals surface area contributed by atoms with Gasteiger partial charge in [0, 0.05) is 25.7 Å². The number of halogens is 4. The predicted molar refractivity (Wildman–Crippen MR) is 86.1 cm³/mol. The number of hydrogen-bond acceptors (Lipinski definition) is 4. The zero-order valence-corrected chi connectivity index (χ0v) is 14.3. The van der Waals surface area contributed by atoms with Crippen LogP contribution in [-0.4, -0.2) is 52.1 Å². The first kappa shape index (κ1) is 18.5. The zero-order valence-electron chi connectivity index (χ0n) is 13.6. The monoisotopic (exact) mass is 362 g/mol. The van der Waals surface area contributed by atoms with Crippen molar-refractivity contribution in [1.82, 2.24) is 14.9 Å². The minimum Gasteiger partial charge on any atom is -0.352 e. The third-order valence-electron chi connectivity index (χ3n) is 4.03. The number of anilines is 1. The van der Waals surface area contributed by atoms with Crippen molar-refractivity contribution in [3.63, 3.8) is 0 Å². The van der Waals surface area contributed by atoms with Crippen molar-refractivity contribution in [1.29, 1.82) is 0 Å². The Kier molecular flexibility index (Phi) is 5.37. The quantitative estimate of drug-likeness (QED) is 0.595. The highest BCUT2D eigenvalue weighted by Gasteiger charge is 2.38. The molecule has 1 amide bonds. The number of aryl methyl sites for hydroxylation is 1. The lowest BCUT2D eigenvalue weighted by molar-refractivity contribution is -0.0690. The molecule has 0 radical (unpaired) electrons. The van der Waals surface area contributed by atoms with E-state index in [0.29, 0.717) is 19.6 Å². The molecule has 2 rings (SSSR count).